The van der Waals surface area contributed by atoms with Crippen LogP contribution in [0.4, 0.5) is 0 Å². The Morgan fingerprint density at radius 2 is 1.51 bits per heavy atom. The van der Waals surface area contributed by atoms with E-state index >= 15 is 0 Å². The Labute approximate surface area is 242 Å². The summed E-state index contributed by atoms with van der Waals surface area (Å²) in [5.74, 6) is -3.67. The minimum absolute atomic E-state index is 0.00209. The predicted octanol–water partition coefficient (Wildman–Crippen LogP) is 1.04. The molecule has 2 saturated heterocycles. The van der Waals surface area contributed by atoms with Crippen LogP contribution in [0, 0.1) is 11.8 Å². The van der Waals surface area contributed by atoms with E-state index in [0.717, 1.165) is 0 Å². The first-order valence-electron chi connectivity index (χ1n) is 13.3. The number of thioether (sulfide) groups is 1. The molecule has 4 unspecified atom stereocenters. The van der Waals surface area contributed by atoms with E-state index in [1.54, 1.807) is 0 Å². The number of nitrogens with zero attached hydrogens (tertiary/aromatic N) is 1. The molecule has 2 aliphatic heterocycles. The average molecular weight is 603 g/mol. The summed E-state index contributed by atoms with van der Waals surface area (Å²) >= 11 is 1.31. The van der Waals surface area contributed by atoms with Crippen molar-refractivity contribution in [2.24, 2.45) is 11.8 Å². The lowest BCUT2D eigenvalue weighted by atomic mass is 9.93. The van der Waals surface area contributed by atoms with Crippen molar-refractivity contribution in [3.8, 4) is 0 Å². The minimum Gasteiger partial charge on any atom is -0.463 e. The van der Waals surface area contributed by atoms with Crippen LogP contribution in [0.3, 0.4) is 0 Å². The molecular formula is C26H38N2O12S. The van der Waals surface area contributed by atoms with Gasteiger partial charge in [0.2, 0.25) is 5.91 Å². The summed E-state index contributed by atoms with van der Waals surface area (Å²) in [6.45, 7) is 8.43. The highest BCUT2D eigenvalue weighted by molar-refractivity contribution is 7.99. The Morgan fingerprint density at radius 3 is 2.05 bits per heavy atom. The van der Waals surface area contributed by atoms with Crippen LogP contribution in [0.15, 0.2) is 0 Å². The number of nitrogens with one attached hydrogen (secondary N) is 1. The van der Waals surface area contributed by atoms with Crippen LogP contribution in [-0.2, 0) is 57.3 Å². The zero-order valence-corrected chi connectivity index (χ0v) is 24.9. The summed E-state index contributed by atoms with van der Waals surface area (Å²) in [6.07, 6.45) is -2.86. The summed E-state index contributed by atoms with van der Waals surface area (Å²) < 4.78 is 22.2. The maximum Gasteiger partial charge on any atom is 0.333 e. The van der Waals surface area contributed by atoms with E-state index in [9.17, 15) is 33.6 Å². The smallest absolute Gasteiger partial charge is 0.333 e. The van der Waals surface area contributed by atoms with Crippen molar-refractivity contribution in [1.29, 1.82) is 0 Å². The molecule has 0 aromatic carbocycles. The van der Waals surface area contributed by atoms with Gasteiger partial charge in [0, 0.05) is 47.0 Å². The van der Waals surface area contributed by atoms with Gasteiger partial charge in [-0.05, 0) is 24.0 Å². The minimum atomic E-state index is -1.17. The van der Waals surface area contributed by atoms with E-state index in [2.05, 4.69) is 5.32 Å². The first kappa shape index (κ1) is 34.0. The predicted molar refractivity (Wildman–Crippen MR) is 141 cm³/mol. The first-order chi connectivity index (χ1) is 19.2. The van der Waals surface area contributed by atoms with Gasteiger partial charge in [-0.2, -0.15) is 0 Å². The third-order valence-electron chi connectivity index (χ3n) is 6.57. The van der Waals surface area contributed by atoms with Gasteiger partial charge < -0.3 is 29.1 Å². The van der Waals surface area contributed by atoms with Crippen molar-refractivity contribution in [2.45, 2.75) is 97.0 Å². The number of esters is 3. The van der Waals surface area contributed by atoms with Crippen LogP contribution in [0.25, 0.3) is 0 Å². The van der Waals surface area contributed by atoms with Gasteiger partial charge in [-0.1, -0.05) is 13.8 Å². The van der Waals surface area contributed by atoms with Crippen molar-refractivity contribution >= 4 is 53.4 Å². The molecule has 0 aromatic rings. The van der Waals surface area contributed by atoms with Crippen LogP contribution >= 0.6 is 11.8 Å². The number of carbonyl (C=O) groups excluding carboxylic acids is 7. The van der Waals surface area contributed by atoms with Crippen LogP contribution in [0.2, 0.25) is 0 Å². The van der Waals surface area contributed by atoms with Crippen LogP contribution in [0.1, 0.15) is 67.2 Å². The molecule has 7 atom stereocenters. The van der Waals surface area contributed by atoms with Gasteiger partial charge in [-0.15, -0.1) is 16.8 Å². The summed E-state index contributed by atoms with van der Waals surface area (Å²) in [7, 11) is 0. The second kappa shape index (κ2) is 15.7. The fraction of sp³-hybridized carbons (Fsp3) is 0.731. The Balaban J connectivity index is 2.11. The molecule has 2 heterocycles. The van der Waals surface area contributed by atoms with Gasteiger partial charge in [0.05, 0.1) is 0 Å². The molecule has 41 heavy (non-hydrogen) atoms. The van der Waals surface area contributed by atoms with Gasteiger partial charge >= 0.3 is 23.9 Å². The number of amides is 3. The van der Waals surface area contributed by atoms with Gasteiger partial charge in [-0.25, -0.2) is 4.79 Å². The summed E-state index contributed by atoms with van der Waals surface area (Å²) in [5.41, 5.74) is -0.789. The molecule has 3 amide bonds. The zero-order chi connectivity index (χ0) is 30.9. The molecule has 2 aliphatic rings. The Hall–Kier alpha value is -3.20. The number of ether oxygens (including phenoxy) is 4. The van der Waals surface area contributed by atoms with Crippen LogP contribution in [-0.4, -0.2) is 88.8 Å². The third-order valence-corrected chi connectivity index (χ3v) is 8.02. The van der Waals surface area contributed by atoms with Crippen LogP contribution < -0.4 is 5.32 Å². The molecule has 0 aromatic heterocycles. The average Bonchev–Trinajstić information content (AvgIpc) is 3.18. The molecule has 15 heteroatoms. The quantitative estimate of drug-likeness (QED) is 0.180. The number of rotatable bonds is 13. The Bertz CT molecular complexity index is 1000. The van der Waals surface area contributed by atoms with Crippen molar-refractivity contribution in [2.75, 3.05) is 12.4 Å². The highest BCUT2D eigenvalue weighted by Crippen LogP contribution is 2.34. The molecule has 2 fully saturated rings. The highest BCUT2D eigenvalue weighted by Gasteiger charge is 2.51. The lowest BCUT2D eigenvalue weighted by molar-refractivity contribution is -0.211. The van der Waals surface area contributed by atoms with Crippen molar-refractivity contribution in [3.63, 3.8) is 0 Å². The van der Waals surface area contributed by atoms with E-state index in [1.165, 1.54) is 39.5 Å². The first-order valence-corrected chi connectivity index (χ1v) is 14.3. The summed E-state index contributed by atoms with van der Waals surface area (Å²) in [4.78, 5) is 87.9. The number of hydroxylamine groups is 2. The molecule has 2 rings (SSSR count). The van der Waals surface area contributed by atoms with Crippen molar-refractivity contribution < 1.29 is 57.3 Å². The maximum atomic E-state index is 12.2. The van der Waals surface area contributed by atoms with Gasteiger partial charge in [0.15, 0.2) is 12.2 Å². The monoisotopic (exact) mass is 602 g/mol. The topological polar surface area (TPSA) is 181 Å². The normalized spacial score (nSPS) is 25.6. The molecule has 0 radical (unpaired) electrons. The number of hydrogen-bond donors (Lipinski definition) is 1. The van der Waals surface area contributed by atoms with Gasteiger partial charge in [0.25, 0.3) is 11.8 Å². The number of hydrogen-bond acceptors (Lipinski definition) is 13. The molecular weight excluding hydrogens is 564 g/mol. The lowest BCUT2D eigenvalue weighted by Crippen LogP contribution is -2.65. The second-order valence-electron chi connectivity index (χ2n) is 10.1. The number of imide groups is 1. The molecule has 1 N–H and O–H groups in total. The fourth-order valence-electron chi connectivity index (χ4n) is 4.28. The molecule has 0 spiro atoms. The molecule has 230 valence electrons. The maximum absolute atomic E-state index is 12.2. The summed E-state index contributed by atoms with van der Waals surface area (Å²) in [5, 5.41) is 3.25. The fourth-order valence-corrected chi connectivity index (χ4v) is 5.75. The Kier molecular flexibility index (Phi) is 13.0. The van der Waals surface area contributed by atoms with E-state index < -0.39 is 71.4 Å². The van der Waals surface area contributed by atoms with E-state index in [1.807, 2.05) is 13.8 Å². The van der Waals surface area contributed by atoms with E-state index in [-0.39, 0.29) is 37.7 Å². The summed E-state index contributed by atoms with van der Waals surface area (Å²) in [6, 6.07) is -0.910. The SMILES string of the molecule is CC(=O)N[C@H]1C(OC(C)=O)[C@@H](OC(C)=O)C(COC(C)=O)O[C@H]1SCC(C)C(C)CCC(=O)ON1C(=O)CCC1=O. The number of carbonyl (C=O) groups is 7. The molecule has 0 aliphatic carbocycles. The zero-order valence-electron chi connectivity index (χ0n) is 24.0. The largest absolute Gasteiger partial charge is 0.463 e. The standard InChI is InChI=1S/C26H38N2O12S/c1-13(7-10-22(35)40-28-20(33)8-9-21(28)34)14(2)12-41-26-23(27-15(3)29)25(38-18(6)32)24(37-17(5)31)19(39-26)11-36-16(4)30/h13-14,19,23-26H,7-12H2,1-6H3,(H,27,29)/t13?,14?,19?,23-,24-,25?,26-/m0/s1. The van der Waals surface area contributed by atoms with Crippen LogP contribution in [0.5, 0.6) is 0 Å². The van der Waals surface area contributed by atoms with Gasteiger partial charge in [-0.3, -0.25) is 28.8 Å². The third kappa shape index (κ3) is 10.6. The molecule has 14 nitrogen and oxygen atoms in total. The van der Waals surface area contributed by atoms with Crippen molar-refractivity contribution in [3.05, 3.63) is 0 Å². The van der Waals surface area contributed by atoms with E-state index in [0.29, 0.717) is 17.2 Å². The molecule has 0 saturated carbocycles. The van der Waals surface area contributed by atoms with Crippen molar-refractivity contribution in [1.82, 2.24) is 10.4 Å². The van der Waals surface area contributed by atoms with Gasteiger partial charge in [0.1, 0.15) is 24.2 Å². The highest BCUT2D eigenvalue weighted by atomic mass is 32.2. The lowest BCUT2D eigenvalue weighted by Gasteiger charge is -2.45. The molecule has 0 bridgehead atoms. The van der Waals surface area contributed by atoms with E-state index in [4.69, 9.17) is 23.8 Å². The second-order valence-corrected chi connectivity index (χ2v) is 11.2. The Morgan fingerprint density at radius 1 is 0.927 bits per heavy atom.